The van der Waals surface area contributed by atoms with Gasteiger partial charge in [0.05, 0.1) is 6.20 Å². The predicted molar refractivity (Wildman–Crippen MR) is 156 cm³/mol. The van der Waals surface area contributed by atoms with Crippen LogP contribution in [0.4, 0.5) is 6.01 Å². The van der Waals surface area contributed by atoms with Gasteiger partial charge in [0.2, 0.25) is 0 Å². The first-order valence-corrected chi connectivity index (χ1v) is 14.4. The first kappa shape index (κ1) is 31.7. The molecule has 5 rings (SSSR count). The normalized spacial score (nSPS) is 13.5. The first-order valence-electron chi connectivity index (χ1n) is 13.3. The molecule has 1 fully saturated rings. The van der Waals surface area contributed by atoms with Gasteiger partial charge in [0, 0.05) is 48.6 Å². The lowest BCUT2D eigenvalue weighted by molar-refractivity contribution is 0.0492. The summed E-state index contributed by atoms with van der Waals surface area (Å²) < 4.78 is 29.2. The van der Waals surface area contributed by atoms with Crippen molar-refractivity contribution in [2.45, 2.75) is 53.1 Å². The van der Waals surface area contributed by atoms with E-state index in [0.717, 1.165) is 11.3 Å². The minimum atomic E-state index is -2.72. The summed E-state index contributed by atoms with van der Waals surface area (Å²) >= 11 is 0. The Morgan fingerprint density at radius 2 is 1.90 bits per heavy atom. The van der Waals surface area contributed by atoms with Crippen LogP contribution in [-0.2, 0) is 16.1 Å². The summed E-state index contributed by atoms with van der Waals surface area (Å²) in [4.78, 5) is 31.4. The second kappa shape index (κ2) is 13.7. The summed E-state index contributed by atoms with van der Waals surface area (Å²) in [6.45, 7) is 12.6. The number of oxazole rings is 1. The maximum absolute atomic E-state index is 11.5. The maximum atomic E-state index is 11.5. The topological polar surface area (TPSA) is 159 Å². The van der Waals surface area contributed by atoms with Crippen LogP contribution in [0.15, 0.2) is 47.1 Å². The van der Waals surface area contributed by atoms with Crippen molar-refractivity contribution in [3.8, 4) is 5.75 Å². The second-order valence-corrected chi connectivity index (χ2v) is 10.7. The number of nitrogens with two attached hydrogens (primary N) is 1. The molecule has 0 aliphatic carbocycles. The average Bonchev–Trinajstić information content (AvgIpc) is 3.47. The molecular formula is C28H38N6O6P+. The molecule has 3 aromatic heterocycles. The molecule has 0 spiro atoms. The minimum absolute atomic E-state index is 0.0891. The fraction of sp³-hybridized carbons (Fsp3) is 0.429. The smallest absolute Gasteiger partial charge is 0.490 e. The van der Waals surface area contributed by atoms with Crippen LogP contribution in [0, 0.1) is 13.8 Å². The van der Waals surface area contributed by atoms with Crippen LogP contribution in [0.5, 0.6) is 5.75 Å². The first-order chi connectivity index (χ1) is 19.4. The Morgan fingerprint density at radius 3 is 2.46 bits per heavy atom. The number of benzene rings is 1. The molecule has 1 aromatic carbocycles. The fourth-order valence-corrected chi connectivity index (χ4v) is 4.47. The summed E-state index contributed by atoms with van der Waals surface area (Å²) in [5, 5.41) is 3.93. The van der Waals surface area contributed by atoms with E-state index in [1.165, 1.54) is 5.56 Å². The number of anilines is 1. The number of primary amides is 1. The maximum Gasteiger partial charge on any atom is 0.695 e. The molecule has 0 bridgehead atoms. The molecule has 3 N–H and O–H groups in total. The Labute approximate surface area is 240 Å². The number of pyridine rings is 1. The molecule has 13 heteroatoms. The van der Waals surface area contributed by atoms with Crippen molar-refractivity contribution in [2.24, 2.45) is 12.8 Å². The van der Waals surface area contributed by atoms with Gasteiger partial charge in [0.15, 0.2) is 11.2 Å². The second-order valence-electron chi connectivity index (χ2n) is 10.1. The molecule has 1 saturated heterocycles. The SMILES string of the molecule is CC.Cc1ccc(C2CN(c3nc4ccc(OCC(C)(C)O[P+](=O)O)cc4o3)C2)nc1C(N)=O.Cc1cnn(C)c1. The Bertz CT molecular complexity index is 1480. The van der Waals surface area contributed by atoms with Crippen LogP contribution in [0.1, 0.15) is 60.9 Å². The molecule has 1 aliphatic heterocycles. The summed E-state index contributed by atoms with van der Waals surface area (Å²) in [5.41, 5.74) is 8.83. The lowest BCUT2D eigenvalue weighted by Gasteiger charge is -2.37. The van der Waals surface area contributed by atoms with E-state index in [-0.39, 0.29) is 12.5 Å². The van der Waals surface area contributed by atoms with Gasteiger partial charge in [-0.2, -0.15) is 10.1 Å². The molecule has 1 unspecified atom stereocenters. The van der Waals surface area contributed by atoms with Crippen molar-refractivity contribution in [3.05, 3.63) is 65.2 Å². The van der Waals surface area contributed by atoms with Gasteiger partial charge in [-0.3, -0.25) is 9.48 Å². The predicted octanol–water partition coefficient (Wildman–Crippen LogP) is 4.81. The molecule has 0 saturated carbocycles. The van der Waals surface area contributed by atoms with E-state index in [1.807, 2.05) is 64.2 Å². The van der Waals surface area contributed by atoms with Gasteiger partial charge >= 0.3 is 8.25 Å². The van der Waals surface area contributed by atoms with Crippen LogP contribution >= 0.6 is 8.25 Å². The van der Waals surface area contributed by atoms with Gasteiger partial charge in [-0.05, 0) is 57.0 Å². The van der Waals surface area contributed by atoms with Crippen molar-refractivity contribution in [3.63, 3.8) is 0 Å². The van der Waals surface area contributed by atoms with Gasteiger partial charge in [-0.1, -0.05) is 19.9 Å². The molecule has 4 heterocycles. The van der Waals surface area contributed by atoms with Crippen molar-refractivity contribution in [2.75, 3.05) is 24.6 Å². The number of ether oxygens (including phenoxy) is 1. The van der Waals surface area contributed by atoms with Crippen LogP contribution in [-0.4, -0.2) is 55.8 Å². The van der Waals surface area contributed by atoms with Crippen LogP contribution in [0.2, 0.25) is 0 Å². The zero-order chi connectivity index (χ0) is 30.3. The Kier molecular flexibility index (Phi) is 10.6. The number of carbonyl (C=O) groups excluding carboxylic acids is 1. The molecule has 41 heavy (non-hydrogen) atoms. The van der Waals surface area contributed by atoms with E-state index in [4.69, 9.17) is 24.3 Å². The minimum Gasteiger partial charge on any atom is -0.490 e. The fourth-order valence-electron chi connectivity index (χ4n) is 4.00. The zero-order valence-electron chi connectivity index (χ0n) is 24.5. The van der Waals surface area contributed by atoms with E-state index >= 15 is 0 Å². The number of fused-ring (bicyclic) bond motifs is 1. The number of aromatic nitrogens is 4. The van der Waals surface area contributed by atoms with Crippen molar-refractivity contribution in [1.29, 1.82) is 0 Å². The highest BCUT2D eigenvalue weighted by molar-refractivity contribution is 7.32. The third-order valence-corrected chi connectivity index (χ3v) is 6.67. The number of rotatable bonds is 8. The summed E-state index contributed by atoms with van der Waals surface area (Å²) in [6.07, 6.45) is 3.81. The standard InChI is InChI=1S/C21H23N4O6P.C5H8N2.C2H6/c1-12-4-6-15(23-18(12)19(22)26)13-9-25(10-13)20-24-16-7-5-14(8-17(16)30-20)29-11-21(2,3)31-32(27)28;1-5-3-6-7(2)4-5;1-2/h4-8,13H,9-11H2,1-3H3,(H2-,22,26,27,28);3-4H,1-2H3;1-2H3/p+1. The molecule has 1 aliphatic rings. The van der Waals surface area contributed by atoms with Crippen LogP contribution in [0.3, 0.4) is 0 Å². The number of aryl methyl sites for hydroxylation is 3. The summed E-state index contributed by atoms with van der Waals surface area (Å²) in [5.74, 6) is 0.162. The number of hydrogen-bond acceptors (Lipinski definition) is 9. The summed E-state index contributed by atoms with van der Waals surface area (Å²) in [7, 11) is -0.806. The molecular weight excluding hydrogens is 547 g/mol. The third-order valence-electron chi connectivity index (χ3n) is 6.02. The number of carbonyl (C=O) groups is 1. The molecule has 0 radical (unpaired) electrons. The molecule has 1 amide bonds. The lowest BCUT2D eigenvalue weighted by Crippen LogP contribution is -2.45. The number of nitrogens with zero attached hydrogens (tertiary/aromatic N) is 5. The zero-order valence-corrected chi connectivity index (χ0v) is 25.4. The van der Waals surface area contributed by atoms with Gasteiger partial charge in [-0.25, -0.2) is 4.98 Å². The molecule has 220 valence electrons. The highest BCUT2D eigenvalue weighted by Gasteiger charge is 2.34. The van der Waals surface area contributed by atoms with Crippen molar-refractivity contribution < 1.29 is 27.9 Å². The van der Waals surface area contributed by atoms with Crippen molar-refractivity contribution >= 4 is 31.3 Å². The molecule has 12 nitrogen and oxygen atoms in total. The number of hydrogen-bond donors (Lipinski definition) is 2. The average molecular weight is 586 g/mol. The van der Waals surface area contributed by atoms with Crippen molar-refractivity contribution in [1.82, 2.24) is 19.7 Å². The van der Waals surface area contributed by atoms with Gasteiger partial charge < -0.3 is 19.8 Å². The monoisotopic (exact) mass is 585 g/mol. The largest absolute Gasteiger partial charge is 0.695 e. The van der Waals surface area contributed by atoms with Crippen LogP contribution < -0.4 is 15.4 Å². The molecule has 1 atom stereocenters. The highest BCUT2D eigenvalue weighted by atomic mass is 31.1. The van der Waals surface area contributed by atoms with E-state index in [0.29, 0.717) is 41.6 Å². The van der Waals surface area contributed by atoms with Gasteiger partial charge in [0.1, 0.15) is 23.6 Å². The van der Waals surface area contributed by atoms with Gasteiger partial charge in [-0.15, -0.1) is 9.42 Å². The lowest BCUT2D eigenvalue weighted by atomic mass is 9.95. The van der Waals surface area contributed by atoms with E-state index in [1.54, 1.807) is 36.7 Å². The summed E-state index contributed by atoms with van der Waals surface area (Å²) in [6, 6.07) is 9.53. The van der Waals surface area contributed by atoms with E-state index in [2.05, 4.69) is 15.1 Å². The Hall–Kier alpha value is -3.86. The highest BCUT2D eigenvalue weighted by Crippen LogP contribution is 2.34. The quantitative estimate of drug-likeness (QED) is 0.275. The Morgan fingerprint density at radius 1 is 1.20 bits per heavy atom. The van der Waals surface area contributed by atoms with E-state index in [9.17, 15) is 9.36 Å². The van der Waals surface area contributed by atoms with Crippen LogP contribution in [0.25, 0.3) is 11.1 Å². The third kappa shape index (κ3) is 8.56. The molecule has 4 aromatic rings. The number of amides is 1. The van der Waals surface area contributed by atoms with Gasteiger partial charge in [0.25, 0.3) is 11.9 Å². The van der Waals surface area contributed by atoms with E-state index < -0.39 is 19.8 Å². The Balaban J connectivity index is 0.000000443.